The van der Waals surface area contributed by atoms with E-state index in [4.69, 9.17) is 11.6 Å². The molecule has 1 N–H and O–H groups in total. The molecule has 1 saturated heterocycles. The number of aromatic nitrogens is 5. The van der Waals surface area contributed by atoms with Crippen LogP contribution in [0.5, 0.6) is 0 Å². The van der Waals surface area contributed by atoms with E-state index in [0.717, 1.165) is 11.1 Å². The Morgan fingerprint density at radius 2 is 1.91 bits per heavy atom. The van der Waals surface area contributed by atoms with Crippen LogP contribution in [0.2, 0.25) is 5.02 Å². The van der Waals surface area contributed by atoms with Crippen molar-refractivity contribution in [2.45, 2.75) is 31.5 Å². The van der Waals surface area contributed by atoms with Crippen molar-refractivity contribution < 1.29 is 26.7 Å². The average Bonchev–Trinajstić information content (AvgIpc) is 3.31. The molecule has 1 unspecified atom stereocenters. The number of piperidine rings is 1. The number of benzene rings is 1. The largest absolute Gasteiger partial charge is 0.434 e. The topological polar surface area (TPSA) is 88.8 Å². The van der Waals surface area contributed by atoms with E-state index < -0.39 is 48.6 Å². The predicted octanol–water partition coefficient (Wildman–Crippen LogP) is 4.33. The van der Waals surface area contributed by atoms with Crippen LogP contribution in [0.3, 0.4) is 0 Å². The fourth-order valence-corrected chi connectivity index (χ4v) is 4.17. The van der Waals surface area contributed by atoms with E-state index in [2.05, 4.69) is 25.5 Å². The number of anilines is 1. The zero-order valence-electron chi connectivity index (χ0n) is 18.2. The van der Waals surface area contributed by atoms with Gasteiger partial charge >= 0.3 is 6.18 Å². The Labute approximate surface area is 201 Å². The quantitative estimate of drug-likeness (QED) is 0.509. The molecule has 186 valence electrons. The van der Waals surface area contributed by atoms with Crippen LogP contribution < -0.4 is 5.32 Å². The van der Waals surface area contributed by atoms with Gasteiger partial charge in [0.15, 0.2) is 5.69 Å². The van der Waals surface area contributed by atoms with Crippen molar-refractivity contribution in [3.05, 3.63) is 59.3 Å². The van der Waals surface area contributed by atoms with Gasteiger partial charge in [0.1, 0.15) is 5.82 Å². The Balaban J connectivity index is 1.61. The average molecular weight is 516 g/mol. The molecule has 2 atom stereocenters. The van der Waals surface area contributed by atoms with Crippen molar-refractivity contribution in [3.63, 3.8) is 0 Å². The Morgan fingerprint density at radius 1 is 1.20 bits per heavy atom. The van der Waals surface area contributed by atoms with E-state index in [-0.39, 0.29) is 28.6 Å². The van der Waals surface area contributed by atoms with Gasteiger partial charge in [-0.15, -0.1) is 0 Å². The highest BCUT2D eigenvalue weighted by Crippen LogP contribution is 2.36. The second kappa shape index (κ2) is 9.36. The van der Waals surface area contributed by atoms with Gasteiger partial charge < -0.3 is 10.2 Å². The maximum absolute atomic E-state index is 14.5. The van der Waals surface area contributed by atoms with Crippen molar-refractivity contribution in [3.8, 4) is 5.69 Å². The number of hydrogen-bond acceptors (Lipinski definition) is 6. The Bertz CT molecular complexity index is 1190. The summed E-state index contributed by atoms with van der Waals surface area (Å²) in [5, 5.41) is 11.0. The zero-order chi connectivity index (χ0) is 25.4. The molecule has 1 amide bonds. The lowest BCUT2D eigenvalue weighted by Crippen LogP contribution is -2.57. The summed E-state index contributed by atoms with van der Waals surface area (Å²) in [7, 11) is 0. The van der Waals surface area contributed by atoms with Crippen LogP contribution in [0, 0.1) is 5.92 Å². The fraction of sp³-hybridized carbons (Fsp3) is 0.381. The molecule has 1 aromatic carbocycles. The van der Waals surface area contributed by atoms with Gasteiger partial charge in [0.25, 0.3) is 11.8 Å². The van der Waals surface area contributed by atoms with E-state index in [1.807, 2.05) is 0 Å². The minimum Gasteiger partial charge on any atom is -0.367 e. The predicted molar refractivity (Wildman–Crippen MR) is 115 cm³/mol. The smallest absolute Gasteiger partial charge is 0.367 e. The van der Waals surface area contributed by atoms with Gasteiger partial charge in [-0.2, -0.15) is 28.2 Å². The molecular formula is C21H19ClF5N7O. The fourth-order valence-electron chi connectivity index (χ4n) is 4.00. The molecule has 35 heavy (non-hydrogen) atoms. The van der Waals surface area contributed by atoms with Gasteiger partial charge in [-0.05, 0) is 24.1 Å². The number of carbonyl (C=O) groups is 1. The van der Waals surface area contributed by atoms with Gasteiger partial charge in [-0.25, -0.2) is 18.7 Å². The van der Waals surface area contributed by atoms with Gasteiger partial charge in [0, 0.05) is 18.0 Å². The minimum atomic E-state index is -4.64. The summed E-state index contributed by atoms with van der Waals surface area (Å²) in [4.78, 5) is 22.8. The monoisotopic (exact) mass is 515 g/mol. The molecule has 8 nitrogen and oxygen atoms in total. The molecule has 0 radical (unpaired) electrons. The summed E-state index contributed by atoms with van der Waals surface area (Å²) in [5.74, 6) is -4.49. The second-order valence-electron chi connectivity index (χ2n) is 8.18. The molecular weight excluding hydrogens is 497 g/mol. The summed E-state index contributed by atoms with van der Waals surface area (Å²) in [6.07, 6.45) is -0.842. The number of halogens is 6. The number of carbonyl (C=O) groups excluding carboxylic acids is 1. The lowest BCUT2D eigenvalue weighted by atomic mass is 9.87. The molecule has 0 bridgehead atoms. The lowest BCUT2D eigenvalue weighted by molar-refractivity contribution is -0.141. The first-order chi connectivity index (χ1) is 16.4. The number of alkyl halides is 5. The molecule has 3 aromatic rings. The van der Waals surface area contributed by atoms with Crippen LogP contribution in [0.4, 0.5) is 27.8 Å². The first-order valence-electron chi connectivity index (χ1n) is 10.4. The number of nitrogens with zero attached hydrogens (tertiary/aromatic N) is 6. The van der Waals surface area contributed by atoms with E-state index in [1.54, 1.807) is 6.92 Å². The second-order valence-corrected chi connectivity index (χ2v) is 8.62. The van der Waals surface area contributed by atoms with Crippen molar-refractivity contribution in [2.75, 3.05) is 18.4 Å². The SMILES string of the molecule is C[C@@H]1CC(F)(F)CN(C(=O)c2cc(Cl)ccc2-n2nccn2)C1CNc1cnc(C(F)(F)F)cn1. The van der Waals surface area contributed by atoms with E-state index >= 15 is 0 Å². The third-order valence-electron chi connectivity index (χ3n) is 5.60. The molecule has 1 fully saturated rings. The minimum absolute atomic E-state index is 0.0131. The van der Waals surface area contributed by atoms with Gasteiger partial charge in [-0.3, -0.25) is 4.79 Å². The van der Waals surface area contributed by atoms with Crippen LogP contribution in [0.25, 0.3) is 5.69 Å². The molecule has 1 aliphatic rings. The summed E-state index contributed by atoms with van der Waals surface area (Å²) >= 11 is 6.09. The van der Waals surface area contributed by atoms with Crippen LogP contribution >= 0.6 is 11.6 Å². The van der Waals surface area contributed by atoms with Crippen LogP contribution in [0.15, 0.2) is 43.0 Å². The molecule has 0 saturated carbocycles. The van der Waals surface area contributed by atoms with Gasteiger partial charge in [0.2, 0.25) is 0 Å². The summed E-state index contributed by atoms with van der Waals surface area (Å²) in [6.45, 7) is 0.685. The van der Waals surface area contributed by atoms with E-state index in [1.165, 1.54) is 35.4 Å². The highest BCUT2D eigenvalue weighted by atomic mass is 35.5. The van der Waals surface area contributed by atoms with Crippen LogP contribution in [0.1, 0.15) is 29.4 Å². The molecule has 0 aliphatic carbocycles. The molecule has 2 aromatic heterocycles. The third-order valence-corrected chi connectivity index (χ3v) is 5.83. The Morgan fingerprint density at radius 3 is 2.54 bits per heavy atom. The molecule has 0 spiro atoms. The van der Waals surface area contributed by atoms with E-state index in [0.29, 0.717) is 6.20 Å². The first kappa shape index (κ1) is 24.8. The van der Waals surface area contributed by atoms with Crippen LogP contribution in [-0.2, 0) is 6.18 Å². The molecule has 3 heterocycles. The van der Waals surface area contributed by atoms with Crippen molar-refractivity contribution in [1.29, 1.82) is 0 Å². The molecule has 4 rings (SSSR count). The number of hydrogen-bond donors (Lipinski definition) is 1. The molecule has 14 heteroatoms. The standard InChI is InChI=1S/C21H19ClF5N7O/c1-12-7-20(23,24)11-33(16(12)8-29-18-10-28-17(9-30-18)21(25,26)27)19(35)14-6-13(22)2-3-15(14)34-31-4-5-32-34/h2-6,9-10,12,16H,7-8,11H2,1H3,(H,29,30)/t12-,16?/m1/s1. The summed E-state index contributed by atoms with van der Waals surface area (Å²) in [5.41, 5.74) is -0.879. The number of likely N-dealkylation sites (tertiary alicyclic amines) is 1. The van der Waals surface area contributed by atoms with Crippen LogP contribution in [-0.4, -0.2) is 60.8 Å². The van der Waals surface area contributed by atoms with E-state index in [9.17, 15) is 26.7 Å². The number of rotatable bonds is 5. The Hall–Kier alpha value is -3.35. The third kappa shape index (κ3) is 5.50. The van der Waals surface area contributed by atoms with Gasteiger partial charge in [-0.1, -0.05) is 18.5 Å². The summed E-state index contributed by atoms with van der Waals surface area (Å²) in [6, 6.07) is 3.65. The lowest BCUT2D eigenvalue weighted by Gasteiger charge is -2.43. The highest BCUT2D eigenvalue weighted by molar-refractivity contribution is 6.31. The zero-order valence-corrected chi connectivity index (χ0v) is 18.9. The number of amides is 1. The summed E-state index contributed by atoms with van der Waals surface area (Å²) < 4.78 is 67.2. The Kier molecular flexibility index (Phi) is 6.62. The van der Waals surface area contributed by atoms with Gasteiger partial charge in [0.05, 0.1) is 48.6 Å². The van der Waals surface area contributed by atoms with Crippen molar-refractivity contribution in [2.24, 2.45) is 5.92 Å². The number of nitrogens with one attached hydrogen (secondary N) is 1. The molecule has 1 aliphatic heterocycles. The maximum Gasteiger partial charge on any atom is 0.434 e. The normalized spacial score (nSPS) is 20.0. The first-order valence-corrected chi connectivity index (χ1v) is 10.8. The van der Waals surface area contributed by atoms with Crippen molar-refractivity contribution in [1.82, 2.24) is 29.9 Å². The highest BCUT2D eigenvalue weighted by Gasteiger charge is 2.46. The van der Waals surface area contributed by atoms with Crippen molar-refractivity contribution >= 4 is 23.3 Å². The maximum atomic E-state index is 14.5.